The van der Waals surface area contributed by atoms with Crippen LogP contribution in [0, 0.1) is 5.41 Å². The monoisotopic (exact) mass is 259 g/mol. The van der Waals surface area contributed by atoms with Gasteiger partial charge in [0.05, 0.1) is 18.8 Å². The average molecular weight is 259 g/mol. The van der Waals surface area contributed by atoms with Crippen LogP contribution in [0.4, 0.5) is 5.69 Å². The largest absolute Gasteiger partial charge is 0.495 e. The Hall–Kier alpha value is -2.11. The predicted molar refractivity (Wildman–Crippen MR) is 71.7 cm³/mol. The third kappa shape index (κ3) is 1.93. The minimum atomic E-state index is 0.266. The molecule has 0 saturated heterocycles. The van der Waals surface area contributed by atoms with E-state index in [1.54, 1.807) is 7.11 Å². The molecule has 1 aliphatic carbocycles. The van der Waals surface area contributed by atoms with Crippen molar-refractivity contribution in [2.24, 2.45) is 5.41 Å². The number of nitrogens with two attached hydrogens (primary N) is 1. The highest BCUT2D eigenvalue weighted by Crippen LogP contribution is 2.55. The van der Waals surface area contributed by atoms with Gasteiger partial charge in [-0.3, -0.25) is 0 Å². The lowest BCUT2D eigenvalue weighted by Crippen LogP contribution is -2.05. The van der Waals surface area contributed by atoms with Crippen LogP contribution in [0.3, 0.4) is 0 Å². The number of ether oxygens (including phenoxy) is 1. The average Bonchev–Trinajstić information content (AvgIpc) is 2.81. The van der Waals surface area contributed by atoms with Crippen LogP contribution in [0.25, 0.3) is 11.4 Å². The summed E-state index contributed by atoms with van der Waals surface area (Å²) in [6, 6.07) is 5.95. The number of anilines is 1. The molecular formula is C13H17N5O. The lowest BCUT2D eigenvalue weighted by atomic mass is 10.1. The Morgan fingerprint density at radius 3 is 2.79 bits per heavy atom. The molecule has 1 fully saturated rings. The number of aromatic nitrogens is 4. The van der Waals surface area contributed by atoms with Crippen LogP contribution >= 0.6 is 0 Å². The highest BCUT2D eigenvalue weighted by atomic mass is 16.5. The lowest BCUT2D eigenvalue weighted by molar-refractivity contribution is 0.417. The van der Waals surface area contributed by atoms with Crippen molar-refractivity contribution in [2.45, 2.75) is 26.3 Å². The Labute approximate surface area is 111 Å². The van der Waals surface area contributed by atoms with E-state index in [1.807, 2.05) is 22.9 Å². The molecule has 0 spiro atoms. The maximum atomic E-state index is 5.82. The molecular weight excluding hydrogens is 242 g/mol. The molecule has 19 heavy (non-hydrogen) atoms. The predicted octanol–water partition coefficient (Wildman–Crippen LogP) is 1.90. The van der Waals surface area contributed by atoms with Crippen LogP contribution in [-0.2, 0) is 0 Å². The van der Waals surface area contributed by atoms with Gasteiger partial charge in [-0.2, -0.15) is 0 Å². The van der Waals surface area contributed by atoms with Crippen LogP contribution in [0.1, 0.15) is 26.3 Å². The van der Waals surface area contributed by atoms with Gasteiger partial charge in [0.2, 0.25) is 0 Å². The number of hydrogen-bond donors (Lipinski definition) is 1. The van der Waals surface area contributed by atoms with E-state index in [2.05, 4.69) is 29.4 Å². The lowest BCUT2D eigenvalue weighted by Gasteiger charge is -2.09. The Morgan fingerprint density at radius 1 is 1.42 bits per heavy atom. The van der Waals surface area contributed by atoms with E-state index < -0.39 is 0 Å². The van der Waals surface area contributed by atoms with Crippen molar-refractivity contribution in [2.75, 3.05) is 12.8 Å². The number of tetrazole rings is 1. The molecule has 0 amide bonds. The zero-order chi connectivity index (χ0) is 13.6. The van der Waals surface area contributed by atoms with Crippen molar-refractivity contribution in [3.05, 3.63) is 18.2 Å². The molecule has 100 valence electrons. The number of nitrogens with zero attached hydrogens (tertiary/aromatic N) is 4. The summed E-state index contributed by atoms with van der Waals surface area (Å²) >= 11 is 0. The molecule has 6 heteroatoms. The third-order valence-electron chi connectivity index (χ3n) is 3.74. The number of nitrogen functional groups attached to an aromatic ring is 1. The quantitative estimate of drug-likeness (QED) is 0.852. The molecule has 6 nitrogen and oxygen atoms in total. The minimum absolute atomic E-state index is 0.266. The molecule has 0 bridgehead atoms. The van der Waals surface area contributed by atoms with Gasteiger partial charge in [0, 0.05) is 5.56 Å². The fraction of sp³-hybridized carbons (Fsp3) is 0.462. The van der Waals surface area contributed by atoms with Crippen LogP contribution in [0.2, 0.25) is 0 Å². The van der Waals surface area contributed by atoms with Gasteiger partial charge in [-0.15, -0.1) is 5.10 Å². The van der Waals surface area contributed by atoms with Gasteiger partial charge in [0.15, 0.2) is 5.82 Å². The molecule has 1 atom stereocenters. The Balaban J connectivity index is 2.01. The summed E-state index contributed by atoms with van der Waals surface area (Å²) in [6.45, 7) is 4.43. The molecule has 2 N–H and O–H groups in total. The minimum Gasteiger partial charge on any atom is -0.495 e. The molecule has 1 saturated carbocycles. The maximum absolute atomic E-state index is 5.82. The van der Waals surface area contributed by atoms with E-state index in [4.69, 9.17) is 10.5 Å². The van der Waals surface area contributed by atoms with E-state index in [1.165, 1.54) is 0 Å². The summed E-state index contributed by atoms with van der Waals surface area (Å²) in [5, 5.41) is 12.0. The summed E-state index contributed by atoms with van der Waals surface area (Å²) in [7, 11) is 1.60. The smallest absolute Gasteiger partial charge is 0.182 e. The number of hydrogen-bond acceptors (Lipinski definition) is 5. The van der Waals surface area contributed by atoms with Crippen molar-refractivity contribution in [3.8, 4) is 17.1 Å². The zero-order valence-corrected chi connectivity index (χ0v) is 11.3. The van der Waals surface area contributed by atoms with Crippen LogP contribution in [-0.4, -0.2) is 27.3 Å². The summed E-state index contributed by atoms with van der Waals surface area (Å²) < 4.78 is 7.13. The van der Waals surface area contributed by atoms with Crippen molar-refractivity contribution < 1.29 is 4.74 Å². The molecule has 2 aromatic rings. The first-order chi connectivity index (χ1) is 9.03. The van der Waals surface area contributed by atoms with E-state index in [0.717, 1.165) is 17.8 Å². The molecule has 1 unspecified atom stereocenters. The second-order valence-electron chi connectivity index (χ2n) is 5.61. The van der Waals surface area contributed by atoms with Gasteiger partial charge in [-0.1, -0.05) is 13.8 Å². The van der Waals surface area contributed by atoms with E-state index in [0.29, 0.717) is 17.5 Å². The first-order valence-electron chi connectivity index (χ1n) is 6.24. The summed E-state index contributed by atoms with van der Waals surface area (Å²) in [5.41, 5.74) is 7.61. The van der Waals surface area contributed by atoms with Gasteiger partial charge in [-0.05, 0) is 40.5 Å². The first-order valence-corrected chi connectivity index (χ1v) is 6.24. The molecule has 1 heterocycles. The second kappa shape index (κ2) is 3.94. The van der Waals surface area contributed by atoms with E-state index in [-0.39, 0.29) is 5.41 Å². The maximum Gasteiger partial charge on any atom is 0.182 e. The Morgan fingerprint density at radius 2 is 2.16 bits per heavy atom. The molecule has 1 aliphatic rings. The zero-order valence-electron chi connectivity index (χ0n) is 11.3. The Bertz CT molecular complexity index is 619. The normalized spacial score (nSPS) is 20.3. The van der Waals surface area contributed by atoms with Crippen LogP contribution in [0.5, 0.6) is 5.75 Å². The second-order valence-corrected chi connectivity index (χ2v) is 5.61. The SMILES string of the molecule is COc1cc(-c2nnnn2C2CC2(C)C)ccc1N. The highest BCUT2D eigenvalue weighted by molar-refractivity contribution is 5.65. The summed E-state index contributed by atoms with van der Waals surface area (Å²) in [5.74, 6) is 1.40. The van der Waals surface area contributed by atoms with Crippen molar-refractivity contribution >= 4 is 5.69 Å². The number of methoxy groups -OCH3 is 1. The third-order valence-corrected chi connectivity index (χ3v) is 3.74. The Kier molecular flexibility index (Phi) is 2.48. The van der Waals surface area contributed by atoms with Crippen molar-refractivity contribution in [1.82, 2.24) is 20.2 Å². The topological polar surface area (TPSA) is 78.9 Å². The van der Waals surface area contributed by atoms with Gasteiger partial charge in [-0.25, -0.2) is 4.68 Å². The van der Waals surface area contributed by atoms with Gasteiger partial charge < -0.3 is 10.5 Å². The molecule has 0 aliphatic heterocycles. The molecule has 1 aromatic heterocycles. The van der Waals surface area contributed by atoms with Gasteiger partial charge >= 0.3 is 0 Å². The number of rotatable bonds is 3. The van der Waals surface area contributed by atoms with Gasteiger partial charge in [0.25, 0.3) is 0 Å². The fourth-order valence-electron chi connectivity index (χ4n) is 2.30. The standard InChI is InChI=1S/C13H17N5O/c1-13(2)7-11(13)18-12(15-16-17-18)8-4-5-9(14)10(6-8)19-3/h4-6,11H,7,14H2,1-3H3. The van der Waals surface area contributed by atoms with Gasteiger partial charge in [0.1, 0.15) is 5.75 Å². The first kappa shape index (κ1) is 12.0. The van der Waals surface area contributed by atoms with E-state index in [9.17, 15) is 0 Å². The molecule has 3 rings (SSSR count). The fourth-order valence-corrected chi connectivity index (χ4v) is 2.30. The summed E-state index contributed by atoms with van der Waals surface area (Å²) in [4.78, 5) is 0. The van der Waals surface area contributed by atoms with Crippen molar-refractivity contribution in [3.63, 3.8) is 0 Å². The van der Waals surface area contributed by atoms with Crippen molar-refractivity contribution in [1.29, 1.82) is 0 Å². The molecule has 0 radical (unpaired) electrons. The number of benzene rings is 1. The summed E-state index contributed by atoms with van der Waals surface area (Å²) in [6.07, 6.45) is 1.09. The van der Waals surface area contributed by atoms with Crippen LogP contribution in [0.15, 0.2) is 18.2 Å². The molecule has 1 aromatic carbocycles. The highest BCUT2D eigenvalue weighted by Gasteiger charge is 2.49. The van der Waals surface area contributed by atoms with E-state index >= 15 is 0 Å². The van der Waals surface area contributed by atoms with Crippen LogP contribution < -0.4 is 10.5 Å².